The fraction of sp³-hybridized carbons (Fsp3) is 0.567. The van der Waals surface area contributed by atoms with Crippen LogP contribution in [-0.4, -0.2) is 37.8 Å². The van der Waals surface area contributed by atoms with E-state index in [1.54, 1.807) is 0 Å². The van der Waals surface area contributed by atoms with Gasteiger partial charge in [-0.1, -0.05) is 37.5 Å². The number of sulfone groups is 1. The highest BCUT2D eigenvalue weighted by Gasteiger charge is 2.62. The number of rotatable bonds is 6. The van der Waals surface area contributed by atoms with Crippen LogP contribution in [0, 0.1) is 17.7 Å². The number of halogens is 5. The van der Waals surface area contributed by atoms with Gasteiger partial charge in [0.1, 0.15) is 10.6 Å². The van der Waals surface area contributed by atoms with Crippen LogP contribution in [0.1, 0.15) is 75.0 Å². The third kappa shape index (κ3) is 4.96. The second-order valence-corrected chi connectivity index (χ2v) is 14.2. The molecule has 0 bridgehead atoms. The van der Waals surface area contributed by atoms with Gasteiger partial charge in [0.25, 0.3) is 0 Å². The maximum Gasteiger partial charge on any atom is 0.426 e. The van der Waals surface area contributed by atoms with Crippen LogP contribution >= 0.6 is 0 Å². The number of carbonyl (C=O) groups is 1. The van der Waals surface area contributed by atoms with Crippen molar-refractivity contribution in [2.24, 2.45) is 11.8 Å². The van der Waals surface area contributed by atoms with Gasteiger partial charge in [-0.3, -0.25) is 4.79 Å². The Kier molecular flexibility index (Phi) is 7.54. The summed E-state index contributed by atoms with van der Waals surface area (Å²) >= 11 is 0. The molecule has 2 aromatic carbocycles. The van der Waals surface area contributed by atoms with Gasteiger partial charge in [-0.15, -0.1) is 0 Å². The number of fused-ring (bicyclic) bond motifs is 3. The summed E-state index contributed by atoms with van der Waals surface area (Å²) in [5.41, 5.74) is -4.74. The Morgan fingerprint density at radius 1 is 1.00 bits per heavy atom. The quantitative estimate of drug-likeness (QED) is 0.314. The van der Waals surface area contributed by atoms with Gasteiger partial charge in [0, 0.05) is 12.5 Å². The van der Waals surface area contributed by atoms with Crippen LogP contribution in [0.2, 0.25) is 0 Å². The predicted molar refractivity (Wildman–Crippen MR) is 142 cm³/mol. The minimum Gasteiger partial charge on any atom is -0.388 e. The highest BCUT2D eigenvalue weighted by molar-refractivity contribution is 7.92. The molecule has 0 saturated heterocycles. The highest BCUT2D eigenvalue weighted by Crippen LogP contribution is 2.59. The van der Waals surface area contributed by atoms with Gasteiger partial charge in [-0.2, -0.15) is 13.2 Å². The fourth-order valence-electron chi connectivity index (χ4n) is 7.22. The van der Waals surface area contributed by atoms with E-state index in [4.69, 9.17) is 0 Å². The van der Waals surface area contributed by atoms with Gasteiger partial charge in [0.2, 0.25) is 11.6 Å². The zero-order chi connectivity index (χ0) is 29.8. The van der Waals surface area contributed by atoms with Crippen LogP contribution in [0.25, 0.3) is 0 Å². The second kappa shape index (κ2) is 10.3. The van der Waals surface area contributed by atoms with Gasteiger partial charge in [0.15, 0.2) is 9.84 Å². The van der Waals surface area contributed by atoms with E-state index in [-0.39, 0.29) is 54.2 Å². The Morgan fingerprint density at radius 2 is 1.66 bits per heavy atom. The summed E-state index contributed by atoms with van der Waals surface area (Å²) in [5, 5.41) is 13.7. The molecule has 11 heteroatoms. The van der Waals surface area contributed by atoms with E-state index in [1.807, 2.05) is 0 Å². The monoisotopic (exact) mass is 599 g/mol. The smallest absolute Gasteiger partial charge is 0.388 e. The van der Waals surface area contributed by atoms with Gasteiger partial charge in [-0.05, 0) is 92.3 Å². The highest BCUT2D eigenvalue weighted by atomic mass is 32.2. The lowest BCUT2D eigenvalue weighted by Gasteiger charge is -2.42. The molecule has 0 radical (unpaired) electrons. The van der Waals surface area contributed by atoms with Crippen LogP contribution in [0.5, 0.6) is 0 Å². The first-order valence-electron chi connectivity index (χ1n) is 14.0. The minimum atomic E-state index is -5.17. The number of amides is 1. The molecule has 2 saturated carbocycles. The Morgan fingerprint density at radius 3 is 2.29 bits per heavy atom. The number of hydrogen-bond donors (Lipinski definition) is 2. The molecule has 2 N–H and O–H groups in total. The molecule has 1 unspecified atom stereocenters. The molecule has 5 rings (SSSR count). The summed E-state index contributed by atoms with van der Waals surface area (Å²) in [5.74, 6) is -2.47. The molecule has 4 atom stereocenters. The maximum absolute atomic E-state index is 14.9. The summed E-state index contributed by atoms with van der Waals surface area (Å²) in [4.78, 5) is 13.3. The minimum absolute atomic E-state index is 0.0121. The lowest BCUT2D eigenvalue weighted by Crippen LogP contribution is -2.49. The summed E-state index contributed by atoms with van der Waals surface area (Å²) in [6.07, 6.45) is -0.796. The van der Waals surface area contributed by atoms with Crippen molar-refractivity contribution in [2.75, 3.05) is 6.54 Å². The van der Waals surface area contributed by atoms with E-state index in [0.29, 0.717) is 19.8 Å². The van der Waals surface area contributed by atoms with Crippen molar-refractivity contribution < 1.29 is 40.3 Å². The molecule has 224 valence electrons. The van der Waals surface area contributed by atoms with Crippen molar-refractivity contribution >= 4 is 15.7 Å². The number of carbonyl (C=O) groups excluding carboxylic acids is 1. The molecule has 0 aliphatic heterocycles. The second-order valence-electron chi connectivity index (χ2n) is 12.0. The third-order valence-electron chi connectivity index (χ3n) is 9.59. The topological polar surface area (TPSA) is 83.5 Å². The first kappa shape index (κ1) is 29.9. The Hall–Kier alpha value is -2.53. The molecule has 0 aromatic heterocycles. The van der Waals surface area contributed by atoms with Crippen LogP contribution < -0.4 is 5.32 Å². The van der Waals surface area contributed by atoms with E-state index in [1.165, 1.54) is 6.07 Å². The molecule has 3 aliphatic rings. The van der Waals surface area contributed by atoms with E-state index in [9.17, 15) is 40.3 Å². The van der Waals surface area contributed by atoms with Gasteiger partial charge >= 0.3 is 6.18 Å². The van der Waals surface area contributed by atoms with Gasteiger partial charge < -0.3 is 10.4 Å². The Bertz CT molecular complexity index is 1420. The van der Waals surface area contributed by atoms with E-state index < -0.39 is 55.2 Å². The summed E-state index contributed by atoms with van der Waals surface area (Å²) in [6.45, 7) is 0.487. The Balaban J connectivity index is 1.56. The van der Waals surface area contributed by atoms with Crippen LogP contribution in [0.15, 0.2) is 47.4 Å². The molecular formula is C30H34F5NO4S. The molecule has 2 fully saturated rings. The number of hydrogen-bond acceptors (Lipinski definition) is 4. The van der Waals surface area contributed by atoms with Crippen molar-refractivity contribution in [1.29, 1.82) is 0 Å². The number of nitrogens with one attached hydrogen (secondary N) is 1. The van der Waals surface area contributed by atoms with E-state index >= 15 is 0 Å². The van der Waals surface area contributed by atoms with Gasteiger partial charge in [0.05, 0.1) is 10.5 Å². The lowest BCUT2D eigenvalue weighted by atomic mass is 9.72. The zero-order valence-corrected chi connectivity index (χ0v) is 23.6. The number of aliphatic hydroxyl groups is 1. The lowest BCUT2D eigenvalue weighted by molar-refractivity contribution is -0.228. The zero-order valence-electron chi connectivity index (χ0n) is 22.7. The average molecular weight is 600 g/mol. The molecule has 1 amide bonds. The van der Waals surface area contributed by atoms with Crippen molar-refractivity contribution in [3.8, 4) is 0 Å². The molecule has 5 nitrogen and oxygen atoms in total. The van der Waals surface area contributed by atoms with Crippen LogP contribution in [0.3, 0.4) is 0 Å². The fourth-order valence-corrected chi connectivity index (χ4v) is 9.69. The Labute approximate surface area is 236 Å². The van der Waals surface area contributed by atoms with Gasteiger partial charge in [-0.25, -0.2) is 17.2 Å². The summed E-state index contributed by atoms with van der Waals surface area (Å²) in [7, 11) is -4.29. The molecular weight excluding hydrogens is 565 g/mol. The molecule has 0 heterocycles. The first-order valence-corrected chi connectivity index (χ1v) is 15.5. The predicted octanol–water partition coefficient (Wildman–Crippen LogP) is 6.03. The molecule has 41 heavy (non-hydrogen) atoms. The largest absolute Gasteiger partial charge is 0.426 e. The van der Waals surface area contributed by atoms with Crippen LogP contribution in [-0.2, 0) is 31.5 Å². The first-order chi connectivity index (χ1) is 19.1. The summed E-state index contributed by atoms with van der Waals surface area (Å²) in [6, 6.07) is 7.66. The van der Waals surface area contributed by atoms with E-state index in [0.717, 1.165) is 55.7 Å². The van der Waals surface area contributed by atoms with Crippen molar-refractivity contribution in [1.82, 2.24) is 5.32 Å². The average Bonchev–Trinajstić information content (AvgIpc) is 3.33. The number of alkyl halides is 4. The van der Waals surface area contributed by atoms with Crippen LogP contribution in [0.4, 0.5) is 22.0 Å². The standard InChI is InChI=1S/C30H34F5NO4S/c1-27(32,30(33,34)35)20-6-12-24-19(17-20)5-11-25-23(26(37)36-18-28(38)14-3-2-4-15-28)13-16-29(24,25)41(39,40)22-9-7-21(31)8-10-22/h6-10,12,17,23,25,38H,2-5,11,13-16,18H2,1H3,(H,36,37)/t23-,25+,27?,29-/m1/s1. The van der Waals surface area contributed by atoms with Crippen molar-refractivity contribution in [2.45, 2.75) is 91.8 Å². The number of aryl methyl sites for hydroxylation is 1. The van der Waals surface area contributed by atoms with E-state index in [2.05, 4.69) is 5.32 Å². The number of benzene rings is 2. The molecule has 0 spiro atoms. The summed E-state index contributed by atoms with van der Waals surface area (Å²) < 4.78 is 96.2. The molecule has 2 aromatic rings. The normalized spacial score (nSPS) is 27.4. The van der Waals surface area contributed by atoms with Crippen molar-refractivity contribution in [3.63, 3.8) is 0 Å². The molecule has 3 aliphatic carbocycles. The third-order valence-corrected chi connectivity index (χ3v) is 12.2. The SMILES string of the molecule is CC(F)(c1ccc2c(c1)CC[C@H]1[C@H](C(=O)NCC3(O)CCCCC3)CC[C@@]21S(=O)(=O)c1ccc(F)cc1)C(F)(F)F. The van der Waals surface area contributed by atoms with Crippen molar-refractivity contribution in [3.05, 3.63) is 65.0 Å². The maximum atomic E-state index is 14.9.